The predicted molar refractivity (Wildman–Crippen MR) is 74.3 cm³/mol. The molecule has 0 saturated carbocycles. The van der Waals surface area contributed by atoms with Gasteiger partial charge in [-0.2, -0.15) is 0 Å². The van der Waals surface area contributed by atoms with Gasteiger partial charge < -0.3 is 4.74 Å². The van der Waals surface area contributed by atoms with Crippen LogP contribution in [0.3, 0.4) is 0 Å². The number of sulfonamides is 1. The number of pyridine rings is 1. The van der Waals surface area contributed by atoms with Gasteiger partial charge in [-0.15, -0.1) is 0 Å². The van der Waals surface area contributed by atoms with Gasteiger partial charge in [0.05, 0.1) is 19.0 Å². The molecule has 0 fully saturated rings. The molecular weight excluding hydrogens is 320 g/mol. The van der Waals surface area contributed by atoms with Crippen molar-refractivity contribution in [3.8, 4) is 0 Å². The summed E-state index contributed by atoms with van der Waals surface area (Å²) in [5.74, 6) is 0.0441. The van der Waals surface area contributed by atoms with E-state index >= 15 is 0 Å². The Balaban J connectivity index is 2.23. The average molecular weight is 337 g/mol. The van der Waals surface area contributed by atoms with Crippen molar-refractivity contribution in [2.45, 2.75) is 6.42 Å². The quantitative estimate of drug-likeness (QED) is 0.538. The lowest BCUT2D eigenvalue weighted by Gasteiger charge is -2.06. The molecule has 0 radical (unpaired) electrons. The number of aryl methyl sites for hydroxylation is 1. The lowest BCUT2D eigenvalue weighted by molar-refractivity contribution is 0.156. The second-order valence-electron chi connectivity index (χ2n) is 3.59. The van der Waals surface area contributed by atoms with E-state index in [2.05, 4.69) is 25.6 Å². The Kier molecular flexibility index (Phi) is 7.41. The van der Waals surface area contributed by atoms with E-state index in [0.717, 1.165) is 11.0 Å². The van der Waals surface area contributed by atoms with Crippen molar-refractivity contribution in [1.82, 2.24) is 9.71 Å². The number of hydrogen-bond acceptors (Lipinski definition) is 4. The second kappa shape index (κ2) is 8.58. The molecule has 0 atom stereocenters. The summed E-state index contributed by atoms with van der Waals surface area (Å²) in [6.07, 6.45) is 2.07. The Hall–Kier alpha value is -0.500. The van der Waals surface area contributed by atoms with Gasteiger partial charge in [-0.3, -0.25) is 4.98 Å². The highest BCUT2D eigenvalue weighted by Crippen LogP contribution is 1.97. The van der Waals surface area contributed by atoms with Crippen molar-refractivity contribution in [2.75, 3.05) is 30.8 Å². The highest BCUT2D eigenvalue weighted by atomic mass is 79.9. The molecule has 0 aliphatic carbocycles. The molecule has 1 aromatic rings. The van der Waals surface area contributed by atoms with E-state index in [9.17, 15) is 8.42 Å². The molecule has 0 amide bonds. The SMILES string of the molecule is O=S(=O)(CCc1ccccn1)NCCOCCBr. The molecule has 0 unspecified atom stereocenters. The van der Waals surface area contributed by atoms with Crippen molar-refractivity contribution in [1.29, 1.82) is 0 Å². The first-order valence-corrected chi connectivity index (χ1v) is 8.42. The van der Waals surface area contributed by atoms with E-state index in [4.69, 9.17) is 4.74 Å². The smallest absolute Gasteiger partial charge is 0.212 e. The van der Waals surface area contributed by atoms with Crippen LogP contribution in [0.5, 0.6) is 0 Å². The van der Waals surface area contributed by atoms with Crippen LogP contribution in [0, 0.1) is 0 Å². The summed E-state index contributed by atoms with van der Waals surface area (Å²) < 4.78 is 30.9. The molecule has 0 spiro atoms. The third-order valence-corrected chi connectivity index (χ3v) is 3.85. The third-order valence-electron chi connectivity index (χ3n) is 2.14. The summed E-state index contributed by atoms with van der Waals surface area (Å²) in [5.41, 5.74) is 0.776. The van der Waals surface area contributed by atoms with Crippen molar-refractivity contribution < 1.29 is 13.2 Å². The summed E-state index contributed by atoms with van der Waals surface area (Å²) in [6.45, 7) is 1.27. The van der Waals surface area contributed by atoms with E-state index in [1.54, 1.807) is 12.3 Å². The normalized spacial score (nSPS) is 11.6. The highest BCUT2D eigenvalue weighted by Gasteiger charge is 2.09. The van der Waals surface area contributed by atoms with E-state index in [1.807, 2.05) is 12.1 Å². The molecule has 0 aliphatic heterocycles. The largest absolute Gasteiger partial charge is 0.379 e. The number of nitrogens with one attached hydrogen (secondary N) is 1. The van der Waals surface area contributed by atoms with Crippen LogP contribution in [-0.2, 0) is 21.2 Å². The maximum absolute atomic E-state index is 11.6. The van der Waals surface area contributed by atoms with Crippen LogP contribution in [0.4, 0.5) is 0 Å². The third kappa shape index (κ3) is 7.05. The minimum Gasteiger partial charge on any atom is -0.379 e. The first-order valence-electron chi connectivity index (χ1n) is 5.65. The van der Waals surface area contributed by atoms with Crippen LogP contribution < -0.4 is 4.72 Å². The fourth-order valence-corrected chi connectivity index (χ4v) is 2.53. The zero-order chi connectivity index (χ0) is 13.3. The lowest BCUT2D eigenvalue weighted by atomic mass is 10.3. The monoisotopic (exact) mass is 336 g/mol. The van der Waals surface area contributed by atoms with Crippen molar-refractivity contribution in [3.63, 3.8) is 0 Å². The molecule has 5 nitrogen and oxygen atoms in total. The molecule has 18 heavy (non-hydrogen) atoms. The van der Waals surface area contributed by atoms with Crippen molar-refractivity contribution in [2.24, 2.45) is 0 Å². The van der Waals surface area contributed by atoms with Crippen LogP contribution in [0.25, 0.3) is 0 Å². The first-order chi connectivity index (χ1) is 8.64. The number of aromatic nitrogens is 1. The first kappa shape index (κ1) is 15.6. The molecule has 102 valence electrons. The number of hydrogen-bond donors (Lipinski definition) is 1. The highest BCUT2D eigenvalue weighted by molar-refractivity contribution is 9.09. The van der Waals surface area contributed by atoms with Gasteiger partial charge in [-0.05, 0) is 12.1 Å². The number of alkyl halides is 1. The minimum absolute atomic E-state index is 0.0441. The standard InChI is InChI=1S/C11H17BrN2O3S/c12-5-8-17-9-7-14-18(15,16)10-4-11-3-1-2-6-13-11/h1-3,6,14H,4-5,7-10H2. The maximum atomic E-state index is 11.6. The van der Waals surface area contributed by atoms with Crippen molar-refractivity contribution in [3.05, 3.63) is 30.1 Å². The summed E-state index contributed by atoms with van der Waals surface area (Å²) >= 11 is 3.22. The molecule has 1 rings (SSSR count). The van der Waals surface area contributed by atoms with E-state index in [-0.39, 0.29) is 5.75 Å². The Bertz CT molecular complexity index is 425. The van der Waals surface area contributed by atoms with Crippen LogP contribution in [0.2, 0.25) is 0 Å². The number of rotatable bonds is 9. The van der Waals surface area contributed by atoms with E-state index in [0.29, 0.717) is 26.2 Å². The molecule has 0 aromatic carbocycles. The fraction of sp³-hybridized carbons (Fsp3) is 0.545. The second-order valence-corrected chi connectivity index (χ2v) is 6.31. The molecule has 1 N–H and O–H groups in total. The zero-order valence-corrected chi connectivity index (χ0v) is 12.4. The number of nitrogens with zero attached hydrogens (tertiary/aromatic N) is 1. The average Bonchev–Trinajstić information content (AvgIpc) is 2.38. The minimum atomic E-state index is -3.25. The summed E-state index contributed by atoms with van der Waals surface area (Å²) in [6, 6.07) is 5.46. The Morgan fingerprint density at radius 1 is 1.33 bits per heavy atom. The van der Waals surface area contributed by atoms with Gasteiger partial charge in [-0.1, -0.05) is 22.0 Å². The van der Waals surface area contributed by atoms with Gasteiger partial charge in [0.15, 0.2) is 0 Å². The molecular formula is C11H17BrN2O3S. The molecule has 7 heteroatoms. The van der Waals surface area contributed by atoms with Gasteiger partial charge >= 0.3 is 0 Å². The van der Waals surface area contributed by atoms with Crippen molar-refractivity contribution >= 4 is 26.0 Å². The topological polar surface area (TPSA) is 68.3 Å². The maximum Gasteiger partial charge on any atom is 0.212 e. The van der Waals surface area contributed by atoms with Gasteiger partial charge in [0, 0.05) is 30.2 Å². The van der Waals surface area contributed by atoms with Gasteiger partial charge in [0.25, 0.3) is 0 Å². The van der Waals surface area contributed by atoms with E-state index in [1.165, 1.54) is 0 Å². The van der Waals surface area contributed by atoms with Gasteiger partial charge in [0.1, 0.15) is 0 Å². The van der Waals surface area contributed by atoms with Crippen LogP contribution in [0.15, 0.2) is 24.4 Å². The Morgan fingerprint density at radius 2 is 2.17 bits per heavy atom. The van der Waals surface area contributed by atoms with E-state index < -0.39 is 10.0 Å². The molecule has 0 bridgehead atoms. The van der Waals surface area contributed by atoms with Gasteiger partial charge in [-0.25, -0.2) is 13.1 Å². The summed E-state index contributed by atoms with van der Waals surface area (Å²) in [5, 5.41) is 0.749. The number of ether oxygens (including phenoxy) is 1. The number of halogens is 1. The fourth-order valence-electron chi connectivity index (χ4n) is 1.28. The molecule has 1 heterocycles. The summed E-state index contributed by atoms with van der Waals surface area (Å²) in [4.78, 5) is 4.08. The molecule has 0 aliphatic rings. The zero-order valence-electron chi connectivity index (χ0n) is 10.0. The van der Waals surface area contributed by atoms with Crippen LogP contribution in [0.1, 0.15) is 5.69 Å². The Labute approximate surface area is 116 Å². The van der Waals surface area contributed by atoms with Crippen LogP contribution >= 0.6 is 15.9 Å². The molecule has 0 saturated heterocycles. The predicted octanol–water partition coefficient (Wildman–Crippen LogP) is 0.955. The molecule has 1 aromatic heterocycles. The van der Waals surface area contributed by atoms with Crippen LogP contribution in [-0.4, -0.2) is 44.2 Å². The summed E-state index contributed by atoms with van der Waals surface area (Å²) in [7, 11) is -3.25. The Morgan fingerprint density at radius 3 is 2.83 bits per heavy atom. The van der Waals surface area contributed by atoms with Gasteiger partial charge in [0.2, 0.25) is 10.0 Å². The lowest BCUT2D eigenvalue weighted by Crippen LogP contribution is -2.30.